The minimum Gasteiger partial charge on any atom is -0.494 e. The summed E-state index contributed by atoms with van der Waals surface area (Å²) in [4.78, 5) is 38.9. The van der Waals surface area contributed by atoms with E-state index in [4.69, 9.17) is 4.74 Å². The van der Waals surface area contributed by atoms with E-state index in [1.54, 1.807) is 6.92 Å². The van der Waals surface area contributed by atoms with Gasteiger partial charge in [-0.3, -0.25) is 14.6 Å². The molecular weight excluding hydrogens is 264 g/mol. The smallest absolute Gasteiger partial charge is 0.328 e. The van der Waals surface area contributed by atoms with Crippen LogP contribution in [0.15, 0.2) is 16.9 Å². The van der Waals surface area contributed by atoms with Crippen molar-refractivity contribution in [2.24, 2.45) is 0 Å². The monoisotopic (exact) mass is 280 g/mol. The van der Waals surface area contributed by atoms with Gasteiger partial charge in [0.05, 0.1) is 12.2 Å². The van der Waals surface area contributed by atoms with Gasteiger partial charge in [-0.05, 0) is 19.8 Å². The number of likely N-dealkylation sites (tertiary alicyclic amines) is 1. The Bertz CT molecular complexity index is 580. The van der Waals surface area contributed by atoms with Crippen LogP contribution >= 0.6 is 0 Å². The molecule has 0 radical (unpaired) electrons. The Morgan fingerprint density at radius 2 is 2.25 bits per heavy atom. The number of carbonyl (C=O) groups is 2. The van der Waals surface area contributed by atoms with Crippen molar-refractivity contribution < 1.29 is 19.4 Å². The van der Waals surface area contributed by atoms with Gasteiger partial charge < -0.3 is 14.7 Å². The average molecular weight is 280 g/mol. The third kappa shape index (κ3) is 2.81. The highest BCUT2D eigenvalue weighted by molar-refractivity contribution is 5.97. The summed E-state index contributed by atoms with van der Waals surface area (Å²) in [6.45, 7) is 2.38. The molecule has 1 amide bonds. The van der Waals surface area contributed by atoms with Crippen LogP contribution in [-0.4, -0.2) is 46.1 Å². The lowest BCUT2D eigenvalue weighted by Crippen LogP contribution is -2.41. The lowest BCUT2D eigenvalue weighted by Gasteiger charge is -2.23. The van der Waals surface area contributed by atoms with Crippen molar-refractivity contribution in [1.29, 1.82) is 0 Å². The van der Waals surface area contributed by atoms with E-state index in [1.807, 2.05) is 0 Å². The second kappa shape index (κ2) is 5.77. The summed E-state index contributed by atoms with van der Waals surface area (Å²) in [7, 11) is 0. The molecule has 1 aromatic rings. The van der Waals surface area contributed by atoms with E-state index in [0.29, 0.717) is 19.4 Å². The van der Waals surface area contributed by atoms with Gasteiger partial charge in [0.15, 0.2) is 5.88 Å². The number of hydrogen-bond donors (Lipinski definition) is 2. The van der Waals surface area contributed by atoms with Crippen LogP contribution in [0.25, 0.3) is 0 Å². The van der Waals surface area contributed by atoms with Gasteiger partial charge in [-0.1, -0.05) is 0 Å². The van der Waals surface area contributed by atoms with Gasteiger partial charge in [-0.25, -0.2) is 4.79 Å². The quantitative estimate of drug-likeness (QED) is 0.773. The van der Waals surface area contributed by atoms with Gasteiger partial charge in [0.1, 0.15) is 6.04 Å². The molecular formula is C13H16N2O5. The number of H-pyrrole nitrogens is 1. The van der Waals surface area contributed by atoms with E-state index >= 15 is 0 Å². The Morgan fingerprint density at radius 1 is 1.50 bits per heavy atom. The minimum atomic E-state index is -0.621. The van der Waals surface area contributed by atoms with E-state index in [2.05, 4.69) is 4.98 Å². The van der Waals surface area contributed by atoms with Crippen LogP contribution < -0.4 is 5.56 Å². The molecule has 108 valence electrons. The predicted octanol–water partition coefficient (Wildman–Crippen LogP) is 0.248. The predicted molar refractivity (Wildman–Crippen MR) is 69.4 cm³/mol. The summed E-state index contributed by atoms with van der Waals surface area (Å²) < 4.78 is 4.94. The van der Waals surface area contributed by atoms with Crippen LogP contribution in [0.5, 0.6) is 5.88 Å². The van der Waals surface area contributed by atoms with E-state index in [9.17, 15) is 19.5 Å². The molecule has 0 aromatic carbocycles. The molecule has 2 rings (SSSR count). The Morgan fingerprint density at radius 3 is 2.90 bits per heavy atom. The third-order valence-electron chi connectivity index (χ3n) is 3.15. The van der Waals surface area contributed by atoms with Crippen molar-refractivity contribution in [2.75, 3.05) is 13.2 Å². The number of carbonyl (C=O) groups excluding carboxylic acids is 2. The molecule has 7 heteroatoms. The Labute approximate surface area is 115 Å². The number of rotatable bonds is 3. The lowest BCUT2D eigenvalue weighted by molar-refractivity contribution is -0.147. The van der Waals surface area contributed by atoms with Crippen LogP contribution in [0.2, 0.25) is 0 Å². The lowest BCUT2D eigenvalue weighted by atomic mass is 10.2. The summed E-state index contributed by atoms with van der Waals surface area (Å²) in [5.74, 6) is -1.28. The Balaban J connectivity index is 2.23. The van der Waals surface area contributed by atoms with Crippen LogP contribution in [0, 0.1) is 0 Å². The number of nitrogens with zero attached hydrogens (tertiary/aromatic N) is 1. The van der Waals surface area contributed by atoms with Crippen LogP contribution in [0.1, 0.15) is 30.1 Å². The molecule has 0 bridgehead atoms. The normalized spacial score (nSPS) is 18.1. The van der Waals surface area contributed by atoms with E-state index < -0.39 is 23.5 Å². The fourth-order valence-electron chi connectivity index (χ4n) is 2.31. The Hall–Kier alpha value is -2.31. The van der Waals surface area contributed by atoms with Gasteiger partial charge in [0.25, 0.3) is 11.5 Å². The molecule has 1 saturated heterocycles. The van der Waals surface area contributed by atoms with Crippen molar-refractivity contribution in [3.05, 3.63) is 28.0 Å². The molecule has 0 spiro atoms. The number of aromatic hydroxyl groups is 1. The largest absolute Gasteiger partial charge is 0.494 e. The van der Waals surface area contributed by atoms with Gasteiger partial charge in [-0.15, -0.1) is 0 Å². The van der Waals surface area contributed by atoms with Crippen molar-refractivity contribution in [3.8, 4) is 5.88 Å². The summed E-state index contributed by atoms with van der Waals surface area (Å²) in [5, 5.41) is 9.33. The van der Waals surface area contributed by atoms with Crippen molar-refractivity contribution in [1.82, 2.24) is 9.88 Å². The second-order valence-corrected chi connectivity index (χ2v) is 4.53. The number of aromatic nitrogens is 1. The zero-order valence-electron chi connectivity index (χ0n) is 11.1. The highest BCUT2D eigenvalue weighted by Crippen LogP contribution is 2.21. The summed E-state index contributed by atoms with van der Waals surface area (Å²) >= 11 is 0. The van der Waals surface area contributed by atoms with E-state index in [-0.39, 0.29) is 18.1 Å². The summed E-state index contributed by atoms with van der Waals surface area (Å²) in [6.07, 6.45) is 1.24. The van der Waals surface area contributed by atoms with Crippen LogP contribution in [-0.2, 0) is 9.53 Å². The number of amides is 1. The number of esters is 1. The van der Waals surface area contributed by atoms with Crippen molar-refractivity contribution in [2.45, 2.75) is 25.8 Å². The zero-order valence-corrected chi connectivity index (χ0v) is 11.1. The molecule has 20 heavy (non-hydrogen) atoms. The van der Waals surface area contributed by atoms with Crippen molar-refractivity contribution >= 4 is 11.9 Å². The Kier molecular flexibility index (Phi) is 4.07. The fourth-order valence-corrected chi connectivity index (χ4v) is 2.31. The standard InChI is InChI=1S/C13H16N2O5/c1-2-20-13(19)9-4-3-5-15(9)12(18)8-6-10(16)14-11(17)7-8/h6-7,9H,2-5H2,1H3,(H2,14,16,17). The van der Waals surface area contributed by atoms with E-state index in [0.717, 1.165) is 6.07 Å². The number of pyridine rings is 1. The second-order valence-electron chi connectivity index (χ2n) is 4.53. The topological polar surface area (TPSA) is 99.7 Å². The molecule has 1 aliphatic heterocycles. The third-order valence-corrected chi connectivity index (χ3v) is 3.15. The molecule has 7 nitrogen and oxygen atoms in total. The molecule has 2 heterocycles. The minimum absolute atomic E-state index is 0.0578. The fraction of sp³-hybridized carbons (Fsp3) is 0.462. The first-order valence-electron chi connectivity index (χ1n) is 6.44. The van der Waals surface area contributed by atoms with Gasteiger partial charge in [0.2, 0.25) is 0 Å². The number of nitrogens with one attached hydrogen (secondary N) is 1. The van der Waals surface area contributed by atoms with Gasteiger partial charge in [-0.2, -0.15) is 0 Å². The maximum Gasteiger partial charge on any atom is 0.328 e. The maximum atomic E-state index is 12.3. The molecule has 2 N–H and O–H groups in total. The first kappa shape index (κ1) is 14.1. The molecule has 1 unspecified atom stereocenters. The first-order valence-corrected chi connectivity index (χ1v) is 6.44. The number of hydrogen-bond acceptors (Lipinski definition) is 5. The maximum absolute atomic E-state index is 12.3. The molecule has 1 aromatic heterocycles. The molecule has 0 aliphatic carbocycles. The van der Waals surface area contributed by atoms with Gasteiger partial charge in [0, 0.05) is 18.7 Å². The average Bonchev–Trinajstić information content (AvgIpc) is 2.86. The number of ether oxygens (including phenoxy) is 1. The van der Waals surface area contributed by atoms with Gasteiger partial charge >= 0.3 is 5.97 Å². The van der Waals surface area contributed by atoms with E-state index in [1.165, 1.54) is 11.0 Å². The molecule has 1 atom stereocenters. The zero-order chi connectivity index (χ0) is 14.7. The van der Waals surface area contributed by atoms with Crippen LogP contribution in [0.3, 0.4) is 0 Å². The van der Waals surface area contributed by atoms with Crippen LogP contribution in [0.4, 0.5) is 0 Å². The van der Waals surface area contributed by atoms with Crippen molar-refractivity contribution in [3.63, 3.8) is 0 Å². The molecule has 1 fully saturated rings. The highest BCUT2D eigenvalue weighted by atomic mass is 16.5. The summed E-state index contributed by atoms with van der Waals surface area (Å²) in [6, 6.07) is 1.65. The first-order chi connectivity index (χ1) is 9.52. The summed E-state index contributed by atoms with van der Waals surface area (Å²) in [5.41, 5.74) is -0.511. The molecule has 0 saturated carbocycles. The molecule has 1 aliphatic rings. The SMILES string of the molecule is CCOC(=O)C1CCCN1C(=O)c1cc(O)[nH]c(=O)c1. The number of aromatic amines is 1. The highest BCUT2D eigenvalue weighted by Gasteiger charge is 2.35.